The first-order valence-electron chi connectivity index (χ1n) is 9.19. The third-order valence-electron chi connectivity index (χ3n) is 4.85. The summed E-state index contributed by atoms with van der Waals surface area (Å²) in [5.41, 5.74) is 0.394. The molecule has 1 amide bonds. The summed E-state index contributed by atoms with van der Waals surface area (Å²) in [7, 11) is 1.76. The maximum atomic E-state index is 12.3. The highest BCUT2D eigenvalue weighted by molar-refractivity contribution is 5.78. The van der Waals surface area contributed by atoms with E-state index in [9.17, 15) is 9.59 Å². The largest absolute Gasteiger partial charge is 0.484 e. The molecule has 9 nitrogen and oxygen atoms in total. The third kappa shape index (κ3) is 3.89. The Morgan fingerprint density at radius 3 is 2.68 bits per heavy atom. The van der Waals surface area contributed by atoms with E-state index < -0.39 is 0 Å². The smallest absolute Gasteiger partial charge is 0.262 e. The van der Waals surface area contributed by atoms with Crippen LogP contribution in [0, 0.1) is 0 Å². The van der Waals surface area contributed by atoms with Crippen LogP contribution in [0.25, 0.3) is 11.0 Å². The van der Waals surface area contributed by atoms with Crippen LogP contribution >= 0.6 is 0 Å². The number of carbonyl (C=O) groups excluding carboxylic acids is 1. The number of nitrogens with one attached hydrogen (secondary N) is 1. The number of H-pyrrole nitrogens is 1. The van der Waals surface area contributed by atoms with Crippen LogP contribution in [0.4, 0.5) is 0 Å². The number of amides is 1. The van der Waals surface area contributed by atoms with Crippen LogP contribution in [0.2, 0.25) is 0 Å². The molecule has 2 aromatic heterocycles. The number of carbonyl (C=O) groups is 1. The number of rotatable bonds is 5. The predicted molar refractivity (Wildman–Crippen MR) is 103 cm³/mol. The predicted octanol–water partition coefficient (Wildman–Crippen LogP) is 0.380. The highest BCUT2D eigenvalue weighted by Gasteiger charge is 2.22. The quantitative estimate of drug-likeness (QED) is 0.685. The van der Waals surface area contributed by atoms with E-state index in [0.717, 1.165) is 0 Å². The number of aryl methyl sites for hydroxylation is 1. The van der Waals surface area contributed by atoms with Gasteiger partial charge < -0.3 is 14.6 Å². The van der Waals surface area contributed by atoms with Gasteiger partial charge >= 0.3 is 0 Å². The van der Waals surface area contributed by atoms with Crippen molar-refractivity contribution in [3.63, 3.8) is 0 Å². The normalized spacial score (nSPS) is 15.1. The Kier molecular flexibility index (Phi) is 5.07. The molecule has 0 saturated carbocycles. The molecule has 1 aliphatic heterocycles. The fourth-order valence-corrected chi connectivity index (χ4v) is 3.27. The Balaban J connectivity index is 1.31. The van der Waals surface area contributed by atoms with E-state index in [2.05, 4.69) is 20.0 Å². The molecule has 0 radical (unpaired) electrons. The molecule has 1 aromatic carbocycles. The summed E-state index contributed by atoms with van der Waals surface area (Å²) in [6, 6.07) is 9.32. The SMILES string of the molecule is Cn1ncc2c(=O)[nH]c(CN3CCN(C(=O)COc4ccccc4)CC3)nc21. The van der Waals surface area contributed by atoms with Crippen molar-refractivity contribution >= 4 is 16.9 Å². The minimum absolute atomic E-state index is 0.0219. The lowest BCUT2D eigenvalue weighted by atomic mass is 10.3. The maximum Gasteiger partial charge on any atom is 0.262 e. The second-order valence-electron chi connectivity index (χ2n) is 6.78. The summed E-state index contributed by atoms with van der Waals surface area (Å²) >= 11 is 0. The first-order chi connectivity index (χ1) is 13.6. The number of aromatic amines is 1. The van der Waals surface area contributed by atoms with Gasteiger partial charge in [0, 0.05) is 33.2 Å². The average molecular weight is 382 g/mol. The van der Waals surface area contributed by atoms with E-state index >= 15 is 0 Å². The Morgan fingerprint density at radius 2 is 1.93 bits per heavy atom. The van der Waals surface area contributed by atoms with Gasteiger partial charge in [-0.05, 0) is 12.1 Å². The van der Waals surface area contributed by atoms with Crippen molar-refractivity contribution in [2.24, 2.45) is 7.05 Å². The fourth-order valence-electron chi connectivity index (χ4n) is 3.27. The van der Waals surface area contributed by atoms with Gasteiger partial charge in [0.2, 0.25) is 0 Å². The number of piperazine rings is 1. The van der Waals surface area contributed by atoms with E-state index in [1.165, 1.54) is 6.20 Å². The third-order valence-corrected chi connectivity index (χ3v) is 4.85. The van der Waals surface area contributed by atoms with Crippen molar-refractivity contribution in [2.75, 3.05) is 32.8 Å². The van der Waals surface area contributed by atoms with Gasteiger partial charge in [-0.3, -0.25) is 19.2 Å². The zero-order chi connectivity index (χ0) is 19.5. The lowest BCUT2D eigenvalue weighted by molar-refractivity contribution is -0.135. The molecule has 0 atom stereocenters. The minimum atomic E-state index is -0.181. The number of ether oxygens (including phenoxy) is 1. The summed E-state index contributed by atoms with van der Waals surface area (Å²) < 4.78 is 7.13. The molecular weight excluding hydrogens is 360 g/mol. The zero-order valence-electron chi connectivity index (χ0n) is 15.7. The molecule has 1 aliphatic rings. The number of aromatic nitrogens is 4. The van der Waals surface area contributed by atoms with Gasteiger partial charge in [0.05, 0.1) is 12.7 Å². The Morgan fingerprint density at radius 1 is 1.18 bits per heavy atom. The molecule has 1 saturated heterocycles. The van der Waals surface area contributed by atoms with Crippen LogP contribution in [0.1, 0.15) is 5.82 Å². The molecule has 28 heavy (non-hydrogen) atoms. The van der Waals surface area contributed by atoms with Crippen LogP contribution in [-0.2, 0) is 18.4 Å². The van der Waals surface area contributed by atoms with Crippen LogP contribution in [0.15, 0.2) is 41.3 Å². The average Bonchev–Trinajstić information content (AvgIpc) is 3.09. The van der Waals surface area contributed by atoms with Gasteiger partial charge in [0.1, 0.15) is 17.0 Å². The molecule has 0 aliphatic carbocycles. The van der Waals surface area contributed by atoms with Crippen molar-refractivity contribution in [1.82, 2.24) is 29.5 Å². The second-order valence-corrected chi connectivity index (χ2v) is 6.78. The van der Waals surface area contributed by atoms with Crippen molar-refractivity contribution in [1.29, 1.82) is 0 Å². The van der Waals surface area contributed by atoms with Gasteiger partial charge in [0.15, 0.2) is 12.3 Å². The molecule has 0 spiro atoms. The van der Waals surface area contributed by atoms with Crippen molar-refractivity contribution in [3.8, 4) is 5.75 Å². The second kappa shape index (κ2) is 7.81. The van der Waals surface area contributed by atoms with Crippen LogP contribution in [0.3, 0.4) is 0 Å². The number of benzene rings is 1. The summed E-state index contributed by atoms with van der Waals surface area (Å²) in [6.07, 6.45) is 1.52. The molecule has 1 N–H and O–H groups in total. The Hall–Kier alpha value is -3.20. The Bertz CT molecular complexity index is 1020. The zero-order valence-corrected chi connectivity index (χ0v) is 15.7. The standard InChI is InChI=1S/C19H22N6O3/c1-23-18-15(11-20-23)19(27)22-16(21-18)12-24-7-9-25(10-8-24)17(26)13-28-14-5-3-2-4-6-14/h2-6,11H,7-10,12-13H2,1H3,(H,21,22,27). The number of fused-ring (bicyclic) bond motifs is 1. The molecule has 0 unspecified atom stereocenters. The van der Waals surface area contributed by atoms with E-state index in [1.54, 1.807) is 16.6 Å². The van der Waals surface area contributed by atoms with E-state index in [4.69, 9.17) is 4.74 Å². The molecule has 1 fully saturated rings. The Labute approximate surface area is 161 Å². The number of hydrogen-bond donors (Lipinski definition) is 1. The monoisotopic (exact) mass is 382 g/mol. The van der Waals surface area contributed by atoms with Crippen LogP contribution in [0.5, 0.6) is 5.75 Å². The first-order valence-corrected chi connectivity index (χ1v) is 9.19. The summed E-state index contributed by atoms with van der Waals surface area (Å²) in [6.45, 7) is 3.23. The highest BCUT2D eigenvalue weighted by Crippen LogP contribution is 2.11. The molecule has 9 heteroatoms. The number of para-hydroxylation sites is 1. The van der Waals surface area contributed by atoms with Crippen molar-refractivity contribution in [2.45, 2.75) is 6.54 Å². The van der Waals surface area contributed by atoms with E-state index in [0.29, 0.717) is 55.3 Å². The lowest BCUT2D eigenvalue weighted by Crippen LogP contribution is -2.49. The summed E-state index contributed by atoms with van der Waals surface area (Å²) in [5, 5.41) is 4.56. The van der Waals surface area contributed by atoms with Gasteiger partial charge in [0.25, 0.3) is 11.5 Å². The van der Waals surface area contributed by atoms with Gasteiger partial charge in [-0.1, -0.05) is 18.2 Å². The summed E-state index contributed by atoms with van der Waals surface area (Å²) in [4.78, 5) is 35.8. The van der Waals surface area contributed by atoms with Gasteiger partial charge in [-0.15, -0.1) is 0 Å². The van der Waals surface area contributed by atoms with Crippen LogP contribution < -0.4 is 10.3 Å². The molecule has 3 heterocycles. The number of nitrogens with zero attached hydrogens (tertiary/aromatic N) is 5. The molecule has 3 aromatic rings. The maximum absolute atomic E-state index is 12.3. The van der Waals surface area contributed by atoms with Gasteiger partial charge in [-0.2, -0.15) is 5.10 Å². The first kappa shape index (κ1) is 18.2. The van der Waals surface area contributed by atoms with Crippen molar-refractivity contribution < 1.29 is 9.53 Å². The fraction of sp³-hybridized carbons (Fsp3) is 0.368. The van der Waals surface area contributed by atoms with E-state index in [-0.39, 0.29) is 18.1 Å². The lowest BCUT2D eigenvalue weighted by Gasteiger charge is -2.34. The summed E-state index contributed by atoms with van der Waals surface area (Å²) in [5.74, 6) is 1.27. The molecule has 146 valence electrons. The molecule has 0 bridgehead atoms. The topological polar surface area (TPSA) is 96.4 Å². The van der Waals surface area contributed by atoms with Crippen LogP contribution in [-0.4, -0.2) is 68.2 Å². The minimum Gasteiger partial charge on any atom is -0.484 e. The molecular formula is C19H22N6O3. The molecule has 4 rings (SSSR count). The van der Waals surface area contributed by atoms with Gasteiger partial charge in [-0.25, -0.2) is 4.98 Å². The number of hydrogen-bond acceptors (Lipinski definition) is 6. The van der Waals surface area contributed by atoms with Crippen molar-refractivity contribution in [3.05, 3.63) is 52.7 Å². The highest BCUT2D eigenvalue weighted by atomic mass is 16.5. The van der Waals surface area contributed by atoms with E-state index in [1.807, 2.05) is 30.3 Å².